The van der Waals surface area contributed by atoms with Gasteiger partial charge in [-0.25, -0.2) is 14.4 Å². The van der Waals surface area contributed by atoms with Crippen LogP contribution in [-0.4, -0.2) is 187 Å². The van der Waals surface area contributed by atoms with Crippen LogP contribution in [0.3, 0.4) is 0 Å². The average Bonchev–Trinajstić information content (AvgIpc) is 0.763. The lowest BCUT2D eigenvalue weighted by Gasteiger charge is -2.52. The second-order valence-electron chi connectivity index (χ2n) is 28.8. The van der Waals surface area contributed by atoms with Gasteiger partial charge in [-0.15, -0.1) is 0 Å². The molecule has 6 atom stereocenters. The first-order valence-electron chi connectivity index (χ1n) is 37.2. The lowest BCUT2D eigenvalue weighted by atomic mass is 9.98. The average molecular weight is 1570 g/mol. The van der Waals surface area contributed by atoms with E-state index in [0.717, 1.165) is 53.1 Å². The van der Waals surface area contributed by atoms with Crippen LogP contribution >= 0.6 is 0 Å². The summed E-state index contributed by atoms with van der Waals surface area (Å²) in [7, 11) is 0. The summed E-state index contributed by atoms with van der Waals surface area (Å²) in [6, 6.07) is 35.7. The summed E-state index contributed by atoms with van der Waals surface area (Å²) in [6.07, 6.45) is -12.6. The summed E-state index contributed by atoms with van der Waals surface area (Å²) in [5.41, 5.74) is 14.1. The molecule has 0 saturated carbocycles. The van der Waals surface area contributed by atoms with Crippen LogP contribution in [-0.2, 0) is 86.6 Å². The highest BCUT2D eigenvalue weighted by Gasteiger charge is 2.52. The van der Waals surface area contributed by atoms with Gasteiger partial charge in [0.25, 0.3) is 0 Å². The number of fused-ring (bicyclic) bond motifs is 3. The van der Waals surface area contributed by atoms with Crippen molar-refractivity contribution < 1.29 is 82.7 Å². The van der Waals surface area contributed by atoms with E-state index in [-0.39, 0.29) is 114 Å². The molecule has 0 aromatic heterocycles. The predicted octanol–water partition coefficient (Wildman–Crippen LogP) is 10.4. The minimum absolute atomic E-state index is 0.0533. The number of unbranched alkanes of at least 4 members (excludes halogenated alkanes) is 1. The van der Waals surface area contributed by atoms with Crippen molar-refractivity contribution in [2.45, 2.75) is 173 Å². The first-order valence-corrected chi connectivity index (χ1v) is 37.2. The fraction of sp³-hybridized carbons (Fsp3) is 0.438. The number of alkyl halides is 9. The molecule has 6 saturated heterocycles. The van der Waals surface area contributed by atoms with E-state index in [2.05, 4.69) is 16.0 Å². The summed E-state index contributed by atoms with van der Waals surface area (Å²) in [4.78, 5) is 132. The molecular formula is C80H93F9N14O9. The van der Waals surface area contributed by atoms with Gasteiger partial charge in [0.05, 0.1) is 36.3 Å². The first kappa shape index (κ1) is 83.7. The van der Waals surface area contributed by atoms with E-state index in [1.54, 1.807) is 60.6 Å². The van der Waals surface area contributed by atoms with E-state index < -0.39 is 89.9 Å². The summed E-state index contributed by atoms with van der Waals surface area (Å²) in [5, 5.41) is 8.13. The second kappa shape index (κ2) is 36.6. The molecule has 6 aromatic rings. The molecule has 32 heteroatoms. The summed E-state index contributed by atoms with van der Waals surface area (Å²) in [5.74, 6) is -1.14. The number of carbonyl (C=O) groups is 9. The molecule has 12 amide bonds. The Morgan fingerprint density at radius 2 is 0.688 bits per heavy atom. The number of nitrogens with zero attached hydrogens (tertiary/aromatic N) is 9. The third-order valence-corrected chi connectivity index (χ3v) is 20.5. The van der Waals surface area contributed by atoms with Gasteiger partial charge in [-0.1, -0.05) is 126 Å². The number of benzene rings is 6. The Balaban J connectivity index is 0.000000179. The maximum absolute atomic E-state index is 13.5. The molecule has 0 aliphatic carbocycles. The third-order valence-electron chi connectivity index (χ3n) is 20.5. The van der Waals surface area contributed by atoms with Crippen molar-refractivity contribution in [2.24, 2.45) is 11.5 Å². The van der Waals surface area contributed by atoms with E-state index in [4.69, 9.17) is 11.5 Å². The van der Waals surface area contributed by atoms with Crippen LogP contribution in [0.1, 0.15) is 125 Å². The van der Waals surface area contributed by atoms with E-state index in [9.17, 15) is 82.7 Å². The number of piperazine rings is 3. The molecule has 6 aliphatic rings. The standard InChI is InChI=1S/C28H34F3N5O3.C27H32F3N5O3.C25H27F3N4O3/c1-19-13-21(15-22(14-19)28(29,30)31)16-33-27(39)35-12-10-25(37)36-23(9-5-6-11-32)26(38)34(18-24(35)36)17-20-7-3-2-4-8-20;1-18-12-20(14-21(13-18)27(28,29)30)15-32-26(38)34-11-9-24(36)35-22(8-5-10-31)25(37)33(17-23(34)35)16-19-6-3-2-4-7-19;1-16-10-19(12-20(11-16)25(26,27)28)13-29-24(35)31-9-8-22(33)32-17(2)23(34)30(15-21(31)32)14-18-6-4-3-5-7-18/h2-4,7-8,13-15,23-24H,5-6,9-12,16-18,32H2,1H3,(H,33,39);2-4,6-7,12-14,22-23H,5,8-11,15-17,31H2,1H3,(H,32,38);3-7,10-12,17,21H,8-9,13-15H2,1-2H3,(H,29,35)/t23-,24+;22-,23+;17-,21+/m000/s1. The lowest BCUT2D eigenvalue weighted by molar-refractivity contribution is -0.167. The Labute approximate surface area is 643 Å². The van der Waals surface area contributed by atoms with Crippen LogP contribution in [0, 0.1) is 20.8 Å². The summed E-state index contributed by atoms with van der Waals surface area (Å²) >= 11 is 0. The van der Waals surface area contributed by atoms with Gasteiger partial charge < -0.3 is 71.5 Å². The van der Waals surface area contributed by atoms with Gasteiger partial charge in [0.1, 0.15) is 36.6 Å². The maximum atomic E-state index is 13.5. The van der Waals surface area contributed by atoms with Gasteiger partial charge >= 0.3 is 36.6 Å². The molecule has 0 radical (unpaired) electrons. The van der Waals surface area contributed by atoms with Crippen molar-refractivity contribution >= 4 is 53.5 Å². The van der Waals surface area contributed by atoms with Crippen molar-refractivity contribution in [2.75, 3.05) is 52.4 Å². The number of nitrogens with two attached hydrogens (primary N) is 2. The largest absolute Gasteiger partial charge is 0.416 e. The van der Waals surface area contributed by atoms with E-state index >= 15 is 0 Å². The number of nitrogens with one attached hydrogen (secondary N) is 3. The molecule has 112 heavy (non-hydrogen) atoms. The van der Waals surface area contributed by atoms with Gasteiger partial charge in [-0.2, -0.15) is 39.5 Å². The van der Waals surface area contributed by atoms with Gasteiger partial charge in [0.2, 0.25) is 35.4 Å². The molecule has 7 N–H and O–H groups in total. The number of rotatable bonds is 19. The molecule has 12 rings (SSSR count). The van der Waals surface area contributed by atoms with E-state index in [0.29, 0.717) is 98.2 Å². The van der Waals surface area contributed by atoms with Crippen LogP contribution in [0.5, 0.6) is 0 Å². The normalized spacial score (nSPS) is 20.1. The van der Waals surface area contributed by atoms with Gasteiger partial charge in [0, 0.05) is 78.2 Å². The Hall–Kier alpha value is -10.8. The number of hydrogen-bond acceptors (Lipinski definition) is 11. The fourth-order valence-corrected chi connectivity index (χ4v) is 15.2. The van der Waals surface area contributed by atoms with Crippen molar-refractivity contribution in [1.29, 1.82) is 0 Å². The van der Waals surface area contributed by atoms with E-state index in [1.165, 1.54) is 29.4 Å². The quantitative estimate of drug-likeness (QED) is 0.0376. The molecule has 6 aliphatic heterocycles. The van der Waals surface area contributed by atoms with Gasteiger partial charge in [-0.3, -0.25) is 28.8 Å². The van der Waals surface area contributed by atoms with Crippen LogP contribution in [0.15, 0.2) is 146 Å². The second-order valence-corrected chi connectivity index (χ2v) is 28.8. The molecule has 6 fully saturated rings. The molecule has 6 aromatic carbocycles. The fourth-order valence-electron chi connectivity index (χ4n) is 15.2. The lowest BCUT2D eigenvalue weighted by Crippen LogP contribution is -2.71. The van der Waals surface area contributed by atoms with Gasteiger partial charge in [-0.05, 0) is 143 Å². The zero-order valence-electron chi connectivity index (χ0n) is 62.6. The van der Waals surface area contributed by atoms with Crippen LogP contribution < -0.4 is 27.4 Å². The molecule has 0 bridgehead atoms. The monoisotopic (exact) mass is 1560 g/mol. The van der Waals surface area contributed by atoms with Crippen molar-refractivity contribution in [1.82, 2.24) is 60.0 Å². The molecule has 6 heterocycles. The number of urea groups is 3. The van der Waals surface area contributed by atoms with E-state index in [1.807, 2.05) is 91.0 Å². The van der Waals surface area contributed by atoms with Crippen molar-refractivity contribution in [3.05, 3.63) is 212 Å². The zero-order valence-corrected chi connectivity index (χ0v) is 62.6. The van der Waals surface area contributed by atoms with Crippen LogP contribution in [0.2, 0.25) is 0 Å². The smallest absolute Gasteiger partial charge is 0.334 e. The minimum atomic E-state index is -4.49. The minimum Gasteiger partial charge on any atom is -0.334 e. The number of carbonyl (C=O) groups excluding carboxylic acids is 9. The summed E-state index contributed by atoms with van der Waals surface area (Å²) in [6.45, 7) is 8.77. The number of amides is 12. The molecule has 0 spiro atoms. The van der Waals surface area contributed by atoms with Crippen molar-refractivity contribution in [3.63, 3.8) is 0 Å². The predicted molar refractivity (Wildman–Crippen MR) is 395 cm³/mol. The van der Waals surface area contributed by atoms with Gasteiger partial charge in [0.15, 0.2) is 0 Å². The Bertz CT molecular complexity index is 4350. The molecule has 23 nitrogen and oxygen atoms in total. The molecule has 0 unspecified atom stereocenters. The summed E-state index contributed by atoms with van der Waals surface area (Å²) < 4.78 is 119. The highest BCUT2D eigenvalue weighted by atomic mass is 19.4. The molecular weight excluding hydrogens is 1470 g/mol. The highest BCUT2D eigenvalue weighted by Crippen LogP contribution is 2.36. The Kier molecular flexibility index (Phi) is 27.4. The highest BCUT2D eigenvalue weighted by molar-refractivity contribution is 5.93. The first-order chi connectivity index (χ1) is 53.2. The Morgan fingerprint density at radius 3 is 1.00 bits per heavy atom. The number of aryl methyl sites for hydroxylation is 3. The maximum Gasteiger partial charge on any atom is 0.416 e. The molecule has 600 valence electrons. The Morgan fingerprint density at radius 1 is 0.393 bits per heavy atom. The number of halogens is 9. The zero-order chi connectivity index (χ0) is 80.9. The van der Waals surface area contributed by atoms with Crippen LogP contribution in [0.4, 0.5) is 53.9 Å². The topological polar surface area (TPSA) is 271 Å². The third kappa shape index (κ3) is 20.9. The number of hydrogen-bond donors (Lipinski definition) is 5. The SMILES string of the molecule is Cc1cc(CNC(=O)N2CCC(=O)N3[C@@H]2CN(Cc2ccccc2)C(=O)[C@@H]3C)cc(C(F)(F)F)c1.Cc1cc(CNC(=O)N2CCC(=O)N3[C@@H]2CN(Cc2ccccc2)C(=O)[C@@H]3CCCCN)cc(C(F)(F)F)c1.Cc1cc(CNC(=O)N2CCC(=O)N3[C@@H]2CN(Cc2ccccc2)C(=O)[C@@H]3CCCN)cc(C(F)(F)F)c1. The van der Waals surface area contributed by atoms with Crippen molar-refractivity contribution in [3.8, 4) is 0 Å². The van der Waals surface area contributed by atoms with Crippen LogP contribution in [0.25, 0.3) is 0 Å².